The molecule has 16 heteroatoms. The zero-order chi connectivity index (χ0) is 44.8. The third-order valence-corrected chi connectivity index (χ3v) is 11.6. The fourth-order valence-corrected chi connectivity index (χ4v) is 8.21. The number of hydrogen-bond acceptors (Lipinski definition) is 12. The maximum absolute atomic E-state index is 15.5. The van der Waals surface area contributed by atoms with Crippen LogP contribution in [0.25, 0.3) is 0 Å². The monoisotopic (exact) mass is 897 g/mol. The van der Waals surface area contributed by atoms with Crippen molar-refractivity contribution in [3.8, 4) is 5.75 Å². The molecule has 1 aromatic heterocycles. The summed E-state index contributed by atoms with van der Waals surface area (Å²) in [6.07, 6.45) is 1.47. The van der Waals surface area contributed by atoms with Gasteiger partial charge in [0, 0.05) is 12.8 Å². The molecule has 1 aliphatic rings. The van der Waals surface area contributed by atoms with Crippen LogP contribution in [-0.2, 0) is 45.2 Å². The van der Waals surface area contributed by atoms with Crippen LogP contribution in [-0.4, -0.2) is 70.9 Å². The first-order chi connectivity index (χ1) is 31.2. The van der Waals surface area contributed by atoms with Gasteiger partial charge in [-0.2, -0.15) is 0 Å². The minimum absolute atomic E-state index is 0.0299. The molecule has 0 radical (unpaired) electrons. The van der Waals surface area contributed by atoms with E-state index in [1.807, 2.05) is 66.7 Å². The number of carbonyl (C=O) groups is 5. The fourth-order valence-electron chi connectivity index (χ4n) is 7.30. The number of aromatic nitrogens is 2. The second-order valence-corrected chi connectivity index (χ2v) is 16.7. The van der Waals surface area contributed by atoms with Crippen molar-refractivity contribution in [1.29, 1.82) is 0 Å². The number of nitrogens with two attached hydrogens (primary N) is 1. The van der Waals surface area contributed by atoms with Gasteiger partial charge in [-0.1, -0.05) is 121 Å². The van der Waals surface area contributed by atoms with Crippen molar-refractivity contribution < 1.29 is 33.4 Å². The fraction of sp³-hybridized carbons (Fsp3) is 0.229. The highest BCUT2D eigenvalue weighted by Crippen LogP contribution is 2.34. The van der Waals surface area contributed by atoms with Crippen molar-refractivity contribution >= 4 is 63.8 Å². The lowest BCUT2D eigenvalue weighted by Gasteiger charge is -2.27. The van der Waals surface area contributed by atoms with Crippen LogP contribution in [0.1, 0.15) is 55.8 Å². The van der Waals surface area contributed by atoms with Gasteiger partial charge in [-0.05, 0) is 78.1 Å². The Bertz CT molecular complexity index is 2600. The number of hydrogen-bond donors (Lipinski definition) is 5. The molecule has 6 aromatic rings. The van der Waals surface area contributed by atoms with E-state index in [4.69, 9.17) is 27.4 Å². The molecule has 6 N–H and O–H groups in total. The summed E-state index contributed by atoms with van der Waals surface area (Å²) in [6, 6.07) is 36.5. The lowest BCUT2D eigenvalue weighted by molar-refractivity contribution is -0.130. The van der Waals surface area contributed by atoms with Gasteiger partial charge in [-0.15, -0.1) is 5.10 Å². The normalized spacial score (nSPS) is 14.2. The SMILES string of the molecule is NCC(=O)N(c1n[nH]c(=S)s1)c1cccc(C(=O)OCc2ccccc2)c1C(=O)[C@H](Cc1ccc(OCc2ccccc2)cc1)NC(=O)[C@H](Cc1ccccc1)NC(=O)[C@@H]1CCCN1. The van der Waals surface area contributed by atoms with E-state index in [0.717, 1.165) is 33.8 Å². The van der Waals surface area contributed by atoms with Gasteiger partial charge in [-0.3, -0.25) is 29.2 Å². The van der Waals surface area contributed by atoms with E-state index in [1.165, 1.54) is 18.2 Å². The van der Waals surface area contributed by atoms with Crippen LogP contribution < -0.4 is 31.3 Å². The van der Waals surface area contributed by atoms with Crippen LogP contribution in [0.3, 0.4) is 0 Å². The van der Waals surface area contributed by atoms with Crippen molar-refractivity contribution in [2.75, 3.05) is 18.0 Å². The predicted molar refractivity (Wildman–Crippen MR) is 246 cm³/mol. The minimum atomic E-state index is -1.36. The molecule has 328 valence electrons. The second kappa shape index (κ2) is 22.0. The number of H-pyrrole nitrogens is 1. The number of rotatable bonds is 19. The Labute approximate surface area is 379 Å². The van der Waals surface area contributed by atoms with Gasteiger partial charge in [0.25, 0.3) is 0 Å². The molecule has 1 aliphatic heterocycles. The van der Waals surface area contributed by atoms with Gasteiger partial charge in [0.1, 0.15) is 25.0 Å². The quantitative estimate of drug-likeness (QED) is 0.0355. The van der Waals surface area contributed by atoms with Gasteiger partial charge in [-0.25, -0.2) is 4.79 Å². The number of nitrogens with zero attached hydrogens (tertiary/aromatic N) is 2. The molecule has 64 heavy (non-hydrogen) atoms. The Hall–Kier alpha value is -6.85. The van der Waals surface area contributed by atoms with Crippen molar-refractivity contribution in [2.24, 2.45) is 5.73 Å². The smallest absolute Gasteiger partial charge is 0.339 e. The standard InChI is InChI=1S/C48H47N7O7S2/c49-28-41(56)55(47-53-54-48(63)64-47)40-20-10-18-36(46(60)62-30-34-16-8-3-9-17-34)42(40)43(57)38(26-32-21-23-35(24-22-32)61-29-33-14-6-2-7-15-33)51-45(59)39(27-31-12-4-1-5-13-31)52-44(58)37-19-11-25-50-37/h1-10,12-18,20-24,37-39,50H,11,19,25-30,49H2,(H,51,59)(H,52,58)(H,54,63)/t37-,38-,39-/m0/s1. The summed E-state index contributed by atoms with van der Waals surface area (Å²) in [7, 11) is 0. The highest BCUT2D eigenvalue weighted by molar-refractivity contribution is 7.73. The summed E-state index contributed by atoms with van der Waals surface area (Å²) in [5.74, 6) is -2.63. The highest BCUT2D eigenvalue weighted by Gasteiger charge is 2.36. The number of anilines is 2. The zero-order valence-electron chi connectivity index (χ0n) is 34.7. The van der Waals surface area contributed by atoms with Crippen LogP contribution in [0.5, 0.6) is 5.75 Å². The van der Waals surface area contributed by atoms with Crippen LogP contribution in [0.15, 0.2) is 133 Å². The predicted octanol–water partition coefficient (Wildman–Crippen LogP) is 6.15. The molecule has 0 aliphatic carbocycles. The molecule has 3 atom stereocenters. The molecule has 0 spiro atoms. The van der Waals surface area contributed by atoms with E-state index in [1.54, 1.807) is 48.5 Å². The van der Waals surface area contributed by atoms with E-state index < -0.39 is 48.2 Å². The number of ether oxygens (including phenoxy) is 2. The summed E-state index contributed by atoms with van der Waals surface area (Å²) in [5.41, 5.74) is 8.61. The maximum Gasteiger partial charge on any atom is 0.339 e. The Morgan fingerprint density at radius 3 is 2.00 bits per heavy atom. The number of ketones is 1. The molecular weight excluding hydrogens is 851 g/mol. The number of benzene rings is 5. The number of esters is 1. The summed E-state index contributed by atoms with van der Waals surface area (Å²) in [6.45, 7) is 0.411. The second-order valence-electron chi connectivity index (χ2n) is 15.0. The van der Waals surface area contributed by atoms with Crippen molar-refractivity contribution in [1.82, 2.24) is 26.1 Å². The maximum atomic E-state index is 15.5. The van der Waals surface area contributed by atoms with Gasteiger partial charge in [0.15, 0.2) is 9.74 Å². The average Bonchev–Trinajstić information content (AvgIpc) is 4.03. The van der Waals surface area contributed by atoms with E-state index in [2.05, 4.69) is 26.1 Å². The molecule has 14 nitrogen and oxygen atoms in total. The van der Waals surface area contributed by atoms with Crippen molar-refractivity contribution in [3.05, 3.63) is 171 Å². The van der Waals surface area contributed by atoms with Gasteiger partial charge < -0.3 is 31.2 Å². The molecular formula is C48H47N7O7S2. The van der Waals surface area contributed by atoms with E-state index in [0.29, 0.717) is 36.4 Å². The average molecular weight is 898 g/mol. The highest BCUT2D eigenvalue weighted by atomic mass is 32.1. The van der Waals surface area contributed by atoms with Gasteiger partial charge >= 0.3 is 5.97 Å². The summed E-state index contributed by atoms with van der Waals surface area (Å²) in [4.78, 5) is 72.8. The number of amides is 3. The molecule has 5 aromatic carbocycles. The van der Waals surface area contributed by atoms with E-state index >= 15 is 4.79 Å². The molecule has 1 saturated heterocycles. The first-order valence-electron chi connectivity index (χ1n) is 20.8. The third-order valence-electron chi connectivity index (χ3n) is 10.5. The van der Waals surface area contributed by atoms with Crippen molar-refractivity contribution in [2.45, 2.75) is 57.0 Å². The molecule has 0 saturated carbocycles. The van der Waals surface area contributed by atoms with Crippen LogP contribution in [0.4, 0.5) is 10.8 Å². The minimum Gasteiger partial charge on any atom is -0.489 e. The van der Waals surface area contributed by atoms with Gasteiger partial charge in [0.2, 0.25) is 22.9 Å². The van der Waals surface area contributed by atoms with E-state index in [9.17, 15) is 19.2 Å². The number of carbonyl (C=O) groups excluding carboxylic acids is 5. The Morgan fingerprint density at radius 2 is 1.39 bits per heavy atom. The summed E-state index contributed by atoms with van der Waals surface area (Å²) >= 11 is 6.27. The van der Waals surface area contributed by atoms with Crippen LogP contribution in [0, 0.1) is 3.95 Å². The molecule has 1 fully saturated rings. The number of aromatic amines is 1. The molecule has 2 heterocycles. The zero-order valence-corrected chi connectivity index (χ0v) is 36.4. The Kier molecular flexibility index (Phi) is 15.5. The van der Waals surface area contributed by atoms with Crippen molar-refractivity contribution in [3.63, 3.8) is 0 Å². The first-order valence-corrected chi connectivity index (χ1v) is 22.0. The van der Waals surface area contributed by atoms with Gasteiger partial charge in [0.05, 0.1) is 35.4 Å². The third kappa shape index (κ3) is 11.8. The van der Waals surface area contributed by atoms with Crippen LogP contribution in [0.2, 0.25) is 0 Å². The Balaban J connectivity index is 1.29. The lowest BCUT2D eigenvalue weighted by atomic mass is 9.92. The summed E-state index contributed by atoms with van der Waals surface area (Å²) < 4.78 is 12.0. The topological polar surface area (TPSA) is 198 Å². The Morgan fingerprint density at radius 1 is 0.766 bits per heavy atom. The molecule has 0 unspecified atom stereocenters. The molecule has 7 rings (SSSR count). The summed E-state index contributed by atoms with van der Waals surface area (Å²) in [5, 5.41) is 16.0. The van der Waals surface area contributed by atoms with Crippen LogP contribution >= 0.6 is 23.6 Å². The first kappa shape index (κ1) is 45.2. The molecule has 0 bridgehead atoms. The number of nitrogens with one attached hydrogen (secondary N) is 4. The number of Topliss-reactive ketones (excluding diaryl/α,β-unsaturated/α-hetero) is 1. The van der Waals surface area contributed by atoms with E-state index in [-0.39, 0.29) is 51.3 Å². The lowest BCUT2D eigenvalue weighted by Crippen LogP contribution is -2.55. The largest absolute Gasteiger partial charge is 0.489 e. The molecule has 3 amide bonds.